The highest BCUT2D eigenvalue weighted by molar-refractivity contribution is 7.11. The molecule has 1 atom stereocenters. The number of thiazole rings is 1. The van der Waals surface area contributed by atoms with Gasteiger partial charge in [-0.2, -0.15) is 0 Å². The molecule has 2 rings (SSSR count). The van der Waals surface area contributed by atoms with Gasteiger partial charge < -0.3 is 20.4 Å². The van der Waals surface area contributed by atoms with Crippen molar-refractivity contribution in [3.05, 3.63) is 16.1 Å². The van der Waals surface area contributed by atoms with Gasteiger partial charge in [-0.05, 0) is 19.4 Å². The fourth-order valence-electron chi connectivity index (χ4n) is 2.93. The molecule has 1 saturated heterocycles. The number of aryl methyl sites for hydroxylation is 1. The van der Waals surface area contributed by atoms with Crippen LogP contribution in [0.4, 0.5) is 0 Å². The molecule has 0 bridgehead atoms. The summed E-state index contributed by atoms with van der Waals surface area (Å²) >= 11 is 1.72. The minimum absolute atomic E-state index is 0.596. The van der Waals surface area contributed by atoms with Crippen LogP contribution in [0.3, 0.4) is 0 Å². The summed E-state index contributed by atoms with van der Waals surface area (Å²) in [7, 11) is 1.82. The number of piperazine rings is 1. The van der Waals surface area contributed by atoms with Crippen molar-refractivity contribution in [2.24, 2.45) is 10.9 Å². The summed E-state index contributed by atoms with van der Waals surface area (Å²) in [5.74, 6) is 1.45. The largest absolute Gasteiger partial charge is 0.356 e. The van der Waals surface area contributed by atoms with E-state index in [4.69, 9.17) is 0 Å². The first-order valence-corrected chi connectivity index (χ1v) is 9.73. The molecule has 1 aliphatic rings. The molecular weight excluding hydrogens is 320 g/mol. The molecule has 1 fully saturated rings. The monoisotopic (exact) mass is 352 g/mol. The van der Waals surface area contributed by atoms with Crippen molar-refractivity contribution >= 4 is 17.3 Å². The Morgan fingerprint density at radius 1 is 1.29 bits per heavy atom. The number of nitrogens with zero attached hydrogens (tertiary/aromatic N) is 4. The average molecular weight is 353 g/mol. The number of rotatable bonds is 7. The molecule has 1 unspecified atom stereocenters. The van der Waals surface area contributed by atoms with Gasteiger partial charge in [0.2, 0.25) is 0 Å². The van der Waals surface area contributed by atoms with Gasteiger partial charge in [0.1, 0.15) is 5.01 Å². The quantitative estimate of drug-likeness (QED) is 0.574. The lowest BCUT2D eigenvalue weighted by Gasteiger charge is -2.35. The number of hydrogen-bond acceptors (Lipinski definition) is 5. The average Bonchev–Trinajstić information content (AvgIpc) is 3.01. The summed E-state index contributed by atoms with van der Waals surface area (Å²) in [6.07, 6.45) is 1.91. The van der Waals surface area contributed by atoms with E-state index in [2.05, 4.69) is 51.2 Å². The molecule has 2 heterocycles. The van der Waals surface area contributed by atoms with Gasteiger partial charge in [-0.25, -0.2) is 4.98 Å². The maximum absolute atomic E-state index is 4.37. The van der Waals surface area contributed by atoms with Crippen LogP contribution in [0.2, 0.25) is 0 Å². The van der Waals surface area contributed by atoms with Crippen molar-refractivity contribution in [3.63, 3.8) is 0 Å². The smallest absolute Gasteiger partial charge is 0.191 e. The second-order valence-corrected chi connectivity index (χ2v) is 7.83. The van der Waals surface area contributed by atoms with Crippen LogP contribution in [0.25, 0.3) is 0 Å². The van der Waals surface area contributed by atoms with Gasteiger partial charge in [0.15, 0.2) is 5.96 Å². The second-order valence-electron chi connectivity index (χ2n) is 6.51. The van der Waals surface area contributed by atoms with Crippen molar-refractivity contribution in [1.29, 1.82) is 0 Å². The third-order valence-electron chi connectivity index (χ3n) is 4.40. The highest BCUT2D eigenvalue weighted by atomic mass is 32.1. The maximum Gasteiger partial charge on any atom is 0.191 e. The van der Waals surface area contributed by atoms with Gasteiger partial charge in [0, 0.05) is 57.4 Å². The summed E-state index contributed by atoms with van der Waals surface area (Å²) in [5.41, 5.74) is 0. The van der Waals surface area contributed by atoms with Crippen LogP contribution in [0, 0.1) is 12.8 Å². The van der Waals surface area contributed by atoms with Gasteiger partial charge in [0.25, 0.3) is 0 Å². The van der Waals surface area contributed by atoms with Gasteiger partial charge in [0.05, 0.1) is 6.54 Å². The Bertz CT molecular complexity index is 507. The first-order chi connectivity index (χ1) is 11.6. The maximum atomic E-state index is 4.37. The predicted molar refractivity (Wildman–Crippen MR) is 103 cm³/mol. The molecule has 0 saturated carbocycles. The highest BCUT2D eigenvalue weighted by Gasteiger charge is 2.17. The Kier molecular flexibility index (Phi) is 7.94. The van der Waals surface area contributed by atoms with E-state index < -0.39 is 0 Å². The third-order valence-corrected chi connectivity index (χ3v) is 5.31. The van der Waals surface area contributed by atoms with Crippen molar-refractivity contribution in [1.82, 2.24) is 25.4 Å². The Morgan fingerprint density at radius 3 is 2.58 bits per heavy atom. The molecule has 6 nitrogen and oxygen atoms in total. The van der Waals surface area contributed by atoms with E-state index in [1.54, 1.807) is 11.3 Å². The zero-order valence-electron chi connectivity index (χ0n) is 15.5. The van der Waals surface area contributed by atoms with Crippen LogP contribution in [-0.4, -0.2) is 73.6 Å². The van der Waals surface area contributed by atoms with E-state index in [-0.39, 0.29) is 0 Å². The Balaban J connectivity index is 1.65. The van der Waals surface area contributed by atoms with Crippen molar-refractivity contribution in [2.45, 2.75) is 27.3 Å². The molecular formula is C17H32N6S. The molecule has 0 aliphatic carbocycles. The number of guanidine groups is 1. The zero-order chi connectivity index (χ0) is 17.4. The van der Waals surface area contributed by atoms with Crippen LogP contribution >= 0.6 is 11.3 Å². The van der Waals surface area contributed by atoms with Crippen LogP contribution in [-0.2, 0) is 6.54 Å². The molecule has 1 aliphatic heterocycles. The fourth-order valence-corrected chi connectivity index (χ4v) is 3.65. The lowest BCUT2D eigenvalue weighted by Crippen LogP contribution is -2.48. The van der Waals surface area contributed by atoms with E-state index in [1.165, 1.54) is 37.6 Å². The zero-order valence-corrected chi connectivity index (χ0v) is 16.3. The van der Waals surface area contributed by atoms with E-state index in [1.807, 2.05) is 13.2 Å². The molecule has 0 aromatic carbocycles. The lowest BCUT2D eigenvalue weighted by atomic mass is 10.1. The molecule has 136 valence electrons. The van der Waals surface area contributed by atoms with Crippen molar-refractivity contribution in [2.75, 3.05) is 52.9 Å². The molecule has 2 N–H and O–H groups in total. The van der Waals surface area contributed by atoms with Crippen LogP contribution in [0.15, 0.2) is 11.2 Å². The first kappa shape index (κ1) is 19.1. The number of nitrogens with one attached hydrogen (secondary N) is 2. The minimum Gasteiger partial charge on any atom is -0.356 e. The number of hydrogen-bond donors (Lipinski definition) is 2. The summed E-state index contributed by atoms with van der Waals surface area (Å²) in [4.78, 5) is 15.0. The van der Waals surface area contributed by atoms with Crippen LogP contribution in [0.1, 0.15) is 23.7 Å². The standard InChI is InChI=1S/C17H32N6S/c1-5-22-6-8-23(9-7-22)13-14(2)10-20-17(18-4)21-12-16-19-11-15(3)24-16/h11,14H,5-10,12-13H2,1-4H3,(H2,18,20,21). The molecule has 1 aromatic heterocycles. The SMILES string of the molecule is CCN1CCN(CC(C)CNC(=NC)NCc2ncc(C)s2)CC1. The second kappa shape index (κ2) is 9.96. The molecule has 0 spiro atoms. The van der Waals surface area contributed by atoms with Crippen LogP contribution < -0.4 is 10.6 Å². The van der Waals surface area contributed by atoms with Gasteiger partial charge in [-0.1, -0.05) is 13.8 Å². The van der Waals surface area contributed by atoms with Crippen molar-refractivity contribution in [3.8, 4) is 0 Å². The molecule has 7 heteroatoms. The summed E-state index contributed by atoms with van der Waals surface area (Å²) in [6.45, 7) is 15.4. The van der Waals surface area contributed by atoms with E-state index in [9.17, 15) is 0 Å². The first-order valence-electron chi connectivity index (χ1n) is 8.91. The molecule has 0 amide bonds. The van der Waals surface area contributed by atoms with E-state index in [0.29, 0.717) is 5.92 Å². The number of likely N-dealkylation sites (N-methyl/N-ethyl adjacent to an activating group) is 1. The number of aliphatic imine (C=N–C) groups is 1. The molecule has 0 radical (unpaired) electrons. The number of aromatic nitrogens is 1. The summed E-state index contributed by atoms with van der Waals surface area (Å²) in [5, 5.41) is 7.87. The molecule has 1 aromatic rings. The highest BCUT2D eigenvalue weighted by Crippen LogP contribution is 2.10. The van der Waals surface area contributed by atoms with Crippen molar-refractivity contribution < 1.29 is 0 Å². The van der Waals surface area contributed by atoms with Gasteiger partial charge in [-0.15, -0.1) is 11.3 Å². The topological polar surface area (TPSA) is 55.8 Å². The molecule has 24 heavy (non-hydrogen) atoms. The fraction of sp³-hybridized carbons (Fsp3) is 0.765. The van der Waals surface area contributed by atoms with E-state index in [0.717, 1.165) is 30.6 Å². The van der Waals surface area contributed by atoms with Crippen LogP contribution in [0.5, 0.6) is 0 Å². The third kappa shape index (κ3) is 6.37. The Morgan fingerprint density at radius 2 is 2.00 bits per heavy atom. The summed E-state index contributed by atoms with van der Waals surface area (Å²) < 4.78 is 0. The van der Waals surface area contributed by atoms with Gasteiger partial charge in [-0.3, -0.25) is 4.99 Å². The van der Waals surface area contributed by atoms with E-state index >= 15 is 0 Å². The Labute approximate surface area is 150 Å². The Hall–Kier alpha value is -1.18. The lowest BCUT2D eigenvalue weighted by molar-refractivity contribution is 0.124. The predicted octanol–water partition coefficient (Wildman–Crippen LogP) is 1.39. The van der Waals surface area contributed by atoms with Gasteiger partial charge >= 0.3 is 0 Å². The normalized spacial score (nSPS) is 18.6. The minimum atomic E-state index is 0.596. The summed E-state index contributed by atoms with van der Waals surface area (Å²) in [6, 6.07) is 0.